The zero-order chi connectivity index (χ0) is 15.3. The van der Waals surface area contributed by atoms with Gasteiger partial charge in [-0.15, -0.1) is 0 Å². The Morgan fingerprint density at radius 2 is 1.90 bits per heavy atom. The Kier molecular flexibility index (Phi) is 5.52. The standard InChI is InChI=1S/C14H24N4O2S/c1-3-15-14-16-9-13(10-17-14)21(19,20)18-12-6-4-5-11(2)7-8-12/h9-12,18H,3-8H2,1-2H3,(H,15,16,17). The lowest BCUT2D eigenvalue weighted by molar-refractivity contribution is 0.484. The molecule has 118 valence electrons. The van der Waals surface area contributed by atoms with E-state index in [-0.39, 0.29) is 10.9 Å². The topological polar surface area (TPSA) is 84.0 Å². The van der Waals surface area contributed by atoms with Gasteiger partial charge in [-0.05, 0) is 32.1 Å². The molecule has 1 aromatic rings. The molecule has 0 aliphatic heterocycles. The van der Waals surface area contributed by atoms with E-state index in [4.69, 9.17) is 0 Å². The van der Waals surface area contributed by atoms with E-state index in [1.54, 1.807) is 0 Å². The van der Waals surface area contributed by atoms with Crippen LogP contribution in [-0.4, -0.2) is 31.0 Å². The smallest absolute Gasteiger partial charge is 0.243 e. The minimum atomic E-state index is -3.53. The van der Waals surface area contributed by atoms with E-state index in [2.05, 4.69) is 26.9 Å². The number of anilines is 1. The predicted molar refractivity (Wildman–Crippen MR) is 82.6 cm³/mol. The predicted octanol–water partition coefficient (Wildman–Crippen LogP) is 2.16. The van der Waals surface area contributed by atoms with Gasteiger partial charge in [0.25, 0.3) is 0 Å². The van der Waals surface area contributed by atoms with Crippen LogP contribution in [0.3, 0.4) is 0 Å². The van der Waals surface area contributed by atoms with Crippen molar-refractivity contribution in [2.75, 3.05) is 11.9 Å². The Morgan fingerprint density at radius 3 is 2.57 bits per heavy atom. The third kappa shape index (κ3) is 4.64. The van der Waals surface area contributed by atoms with Crippen molar-refractivity contribution in [3.8, 4) is 0 Å². The minimum absolute atomic E-state index is 0.0217. The van der Waals surface area contributed by atoms with Gasteiger partial charge in [-0.2, -0.15) is 0 Å². The fourth-order valence-corrected chi connectivity index (χ4v) is 3.79. The van der Waals surface area contributed by atoms with Crippen molar-refractivity contribution in [3.63, 3.8) is 0 Å². The maximum absolute atomic E-state index is 12.4. The molecule has 2 rings (SSSR count). The highest BCUT2D eigenvalue weighted by atomic mass is 32.2. The maximum Gasteiger partial charge on any atom is 0.243 e. The van der Waals surface area contributed by atoms with Gasteiger partial charge in [-0.1, -0.05) is 19.8 Å². The molecule has 1 saturated carbocycles. The van der Waals surface area contributed by atoms with Crippen LogP contribution < -0.4 is 10.0 Å². The molecule has 1 aliphatic carbocycles. The molecule has 1 heterocycles. The number of nitrogens with zero attached hydrogens (tertiary/aromatic N) is 2. The summed E-state index contributed by atoms with van der Waals surface area (Å²) < 4.78 is 27.5. The van der Waals surface area contributed by atoms with Crippen LogP contribution in [-0.2, 0) is 10.0 Å². The normalized spacial score (nSPS) is 23.5. The van der Waals surface area contributed by atoms with Crippen molar-refractivity contribution in [1.82, 2.24) is 14.7 Å². The van der Waals surface area contributed by atoms with Crippen LogP contribution in [0.25, 0.3) is 0 Å². The molecule has 0 bridgehead atoms. The highest BCUT2D eigenvalue weighted by molar-refractivity contribution is 7.89. The first kappa shape index (κ1) is 16.2. The monoisotopic (exact) mass is 312 g/mol. The molecule has 2 atom stereocenters. The van der Waals surface area contributed by atoms with Gasteiger partial charge in [0.05, 0.1) is 12.4 Å². The average Bonchev–Trinajstić information content (AvgIpc) is 2.64. The van der Waals surface area contributed by atoms with Crippen molar-refractivity contribution < 1.29 is 8.42 Å². The highest BCUT2D eigenvalue weighted by Crippen LogP contribution is 2.23. The van der Waals surface area contributed by atoms with Gasteiger partial charge in [-0.25, -0.2) is 23.1 Å². The second kappa shape index (κ2) is 7.17. The van der Waals surface area contributed by atoms with E-state index in [0.29, 0.717) is 18.4 Å². The lowest BCUT2D eigenvalue weighted by atomic mass is 10.0. The SMILES string of the molecule is CCNc1ncc(S(=O)(=O)NC2CCCC(C)CC2)cn1. The first-order chi connectivity index (χ1) is 10.0. The maximum atomic E-state index is 12.4. The van der Waals surface area contributed by atoms with Gasteiger partial charge < -0.3 is 5.32 Å². The van der Waals surface area contributed by atoms with E-state index in [0.717, 1.165) is 25.7 Å². The van der Waals surface area contributed by atoms with Crippen LogP contribution in [0.2, 0.25) is 0 Å². The summed E-state index contributed by atoms with van der Waals surface area (Å²) in [6.45, 7) is 4.86. The van der Waals surface area contributed by atoms with Gasteiger partial charge in [-0.3, -0.25) is 0 Å². The molecule has 0 aromatic carbocycles. The summed E-state index contributed by atoms with van der Waals surface area (Å²) in [4.78, 5) is 8.16. The molecule has 2 unspecified atom stereocenters. The first-order valence-electron chi connectivity index (χ1n) is 7.59. The fraction of sp³-hybridized carbons (Fsp3) is 0.714. The average molecular weight is 312 g/mol. The van der Waals surface area contributed by atoms with Crippen molar-refractivity contribution in [2.45, 2.75) is 56.9 Å². The Labute approximate surface area is 126 Å². The molecule has 0 saturated heterocycles. The summed E-state index contributed by atoms with van der Waals surface area (Å²) in [5.41, 5.74) is 0. The van der Waals surface area contributed by atoms with Crippen LogP contribution in [0, 0.1) is 5.92 Å². The molecular formula is C14H24N4O2S. The lowest BCUT2D eigenvalue weighted by Gasteiger charge is -2.16. The molecular weight excluding hydrogens is 288 g/mol. The number of nitrogens with one attached hydrogen (secondary N) is 2. The van der Waals surface area contributed by atoms with Crippen LogP contribution in [0.5, 0.6) is 0 Å². The molecule has 1 aromatic heterocycles. The van der Waals surface area contributed by atoms with Gasteiger partial charge in [0.1, 0.15) is 4.90 Å². The van der Waals surface area contributed by atoms with Crippen molar-refractivity contribution in [2.24, 2.45) is 5.92 Å². The van der Waals surface area contributed by atoms with E-state index in [1.165, 1.54) is 18.8 Å². The van der Waals surface area contributed by atoms with Crippen LogP contribution >= 0.6 is 0 Å². The Morgan fingerprint density at radius 1 is 1.19 bits per heavy atom. The first-order valence-corrected chi connectivity index (χ1v) is 9.08. The van der Waals surface area contributed by atoms with Gasteiger partial charge in [0.2, 0.25) is 16.0 Å². The van der Waals surface area contributed by atoms with Crippen molar-refractivity contribution >= 4 is 16.0 Å². The molecule has 7 heteroatoms. The molecule has 2 N–H and O–H groups in total. The summed E-state index contributed by atoms with van der Waals surface area (Å²) in [5, 5.41) is 2.94. The number of aromatic nitrogens is 2. The largest absolute Gasteiger partial charge is 0.355 e. The number of rotatable bonds is 5. The zero-order valence-corrected chi connectivity index (χ0v) is 13.5. The Balaban J connectivity index is 2.03. The second-order valence-corrected chi connectivity index (χ2v) is 7.42. The molecule has 1 aliphatic rings. The van der Waals surface area contributed by atoms with E-state index in [1.807, 2.05) is 6.92 Å². The molecule has 0 radical (unpaired) electrons. The quantitative estimate of drug-likeness (QED) is 0.814. The molecule has 6 nitrogen and oxygen atoms in total. The molecule has 21 heavy (non-hydrogen) atoms. The van der Waals surface area contributed by atoms with Gasteiger partial charge >= 0.3 is 0 Å². The third-order valence-electron chi connectivity index (χ3n) is 3.85. The minimum Gasteiger partial charge on any atom is -0.355 e. The van der Waals surface area contributed by atoms with E-state index < -0.39 is 10.0 Å². The fourth-order valence-electron chi connectivity index (χ4n) is 2.60. The van der Waals surface area contributed by atoms with Crippen LogP contribution in [0.1, 0.15) is 46.0 Å². The third-order valence-corrected chi connectivity index (χ3v) is 5.33. The summed E-state index contributed by atoms with van der Waals surface area (Å²) in [5.74, 6) is 1.13. The molecule has 1 fully saturated rings. The Hall–Kier alpha value is -1.21. The van der Waals surface area contributed by atoms with Crippen molar-refractivity contribution in [1.29, 1.82) is 0 Å². The lowest BCUT2D eigenvalue weighted by Crippen LogP contribution is -2.34. The van der Waals surface area contributed by atoms with Crippen LogP contribution in [0.15, 0.2) is 17.3 Å². The molecule has 0 amide bonds. The highest BCUT2D eigenvalue weighted by Gasteiger charge is 2.23. The number of hydrogen-bond acceptors (Lipinski definition) is 5. The molecule has 0 spiro atoms. The summed E-state index contributed by atoms with van der Waals surface area (Å²) in [6.07, 6.45) is 7.84. The summed E-state index contributed by atoms with van der Waals surface area (Å²) in [7, 11) is -3.53. The van der Waals surface area contributed by atoms with Crippen LogP contribution in [0.4, 0.5) is 5.95 Å². The number of hydrogen-bond donors (Lipinski definition) is 2. The Bertz CT molecular complexity index is 545. The van der Waals surface area contributed by atoms with Crippen molar-refractivity contribution in [3.05, 3.63) is 12.4 Å². The van der Waals surface area contributed by atoms with E-state index >= 15 is 0 Å². The number of sulfonamides is 1. The van der Waals surface area contributed by atoms with E-state index in [9.17, 15) is 8.42 Å². The second-order valence-electron chi connectivity index (χ2n) is 5.70. The summed E-state index contributed by atoms with van der Waals surface area (Å²) in [6, 6.07) is 0.0217. The summed E-state index contributed by atoms with van der Waals surface area (Å²) >= 11 is 0. The van der Waals surface area contributed by atoms with Gasteiger partial charge in [0.15, 0.2) is 0 Å². The zero-order valence-electron chi connectivity index (χ0n) is 12.7. The van der Waals surface area contributed by atoms with Gasteiger partial charge in [0, 0.05) is 12.6 Å².